The minimum absolute atomic E-state index is 0.679. The Kier molecular flexibility index (Phi) is 3.43. The van der Waals surface area contributed by atoms with E-state index in [1.54, 1.807) is 11.3 Å². The first-order valence-corrected chi connectivity index (χ1v) is 7.62. The summed E-state index contributed by atoms with van der Waals surface area (Å²) in [4.78, 5) is 9.13. The van der Waals surface area contributed by atoms with Crippen LogP contribution in [-0.2, 0) is 0 Å². The zero-order valence-corrected chi connectivity index (χ0v) is 13.1. The topological polar surface area (TPSA) is 37.8 Å². The van der Waals surface area contributed by atoms with Gasteiger partial charge in [0.2, 0.25) is 0 Å². The van der Waals surface area contributed by atoms with Crippen LogP contribution >= 0.6 is 38.9 Å². The third kappa shape index (κ3) is 2.45. The Balaban J connectivity index is 2.25. The molecule has 0 fully saturated rings. The molecular weight excluding hydrogens is 346 g/mol. The number of halogens is 2. The molecule has 6 heteroatoms. The Morgan fingerprint density at radius 1 is 1.26 bits per heavy atom. The number of rotatable bonds is 2. The largest absolute Gasteiger partial charge is 0.373 e. The van der Waals surface area contributed by atoms with E-state index >= 15 is 0 Å². The average molecular weight is 355 g/mol. The minimum atomic E-state index is 0.679. The Hall–Kier alpha value is -1.17. The quantitative estimate of drug-likeness (QED) is 0.717. The smallest absolute Gasteiger partial charge is 0.163 e. The molecule has 2 aromatic heterocycles. The lowest BCUT2D eigenvalue weighted by Gasteiger charge is -2.07. The highest BCUT2D eigenvalue weighted by Crippen LogP contribution is 2.30. The zero-order chi connectivity index (χ0) is 13.4. The molecule has 2 heterocycles. The van der Waals surface area contributed by atoms with Crippen LogP contribution in [0.4, 0.5) is 5.82 Å². The van der Waals surface area contributed by atoms with Crippen molar-refractivity contribution < 1.29 is 0 Å². The molecule has 0 spiro atoms. The number of fused-ring (bicyclic) bond motifs is 1. The fourth-order valence-electron chi connectivity index (χ4n) is 1.85. The van der Waals surface area contributed by atoms with Gasteiger partial charge in [0.25, 0.3) is 0 Å². The summed E-state index contributed by atoms with van der Waals surface area (Å²) >= 11 is 11.1. The van der Waals surface area contributed by atoms with Gasteiger partial charge in [-0.05, 0) is 40.2 Å². The van der Waals surface area contributed by atoms with Gasteiger partial charge < -0.3 is 5.32 Å². The lowest BCUT2D eigenvalue weighted by atomic mass is 10.2. The molecule has 3 rings (SSSR count). The van der Waals surface area contributed by atoms with E-state index in [9.17, 15) is 0 Å². The van der Waals surface area contributed by atoms with Gasteiger partial charge in [0.15, 0.2) is 5.82 Å². The number of aromatic nitrogens is 2. The number of anilines is 1. The van der Waals surface area contributed by atoms with Crippen LogP contribution < -0.4 is 5.32 Å². The van der Waals surface area contributed by atoms with Crippen molar-refractivity contribution in [3.63, 3.8) is 0 Å². The van der Waals surface area contributed by atoms with Gasteiger partial charge in [0, 0.05) is 28.4 Å². The summed E-state index contributed by atoms with van der Waals surface area (Å²) < 4.78 is 1.06. The third-order valence-electron chi connectivity index (χ3n) is 2.72. The molecule has 19 heavy (non-hydrogen) atoms. The maximum atomic E-state index is 6.02. The Bertz CT molecular complexity index is 757. The lowest BCUT2D eigenvalue weighted by molar-refractivity contribution is 1.22. The van der Waals surface area contributed by atoms with Crippen LogP contribution in [0.2, 0.25) is 5.02 Å². The van der Waals surface area contributed by atoms with Crippen molar-refractivity contribution in [3.8, 4) is 11.4 Å². The van der Waals surface area contributed by atoms with Gasteiger partial charge in [-0.25, -0.2) is 9.97 Å². The molecule has 0 aliphatic rings. The molecule has 0 amide bonds. The van der Waals surface area contributed by atoms with Crippen LogP contribution in [0.5, 0.6) is 0 Å². The van der Waals surface area contributed by atoms with Crippen LogP contribution in [0.25, 0.3) is 22.3 Å². The van der Waals surface area contributed by atoms with Crippen LogP contribution in [0, 0.1) is 0 Å². The lowest BCUT2D eigenvalue weighted by Crippen LogP contribution is -1.98. The highest BCUT2D eigenvalue weighted by atomic mass is 79.9. The van der Waals surface area contributed by atoms with E-state index in [4.69, 9.17) is 11.6 Å². The molecule has 0 aliphatic heterocycles. The molecule has 1 N–H and O–H groups in total. The van der Waals surface area contributed by atoms with Crippen molar-refractivity contribution in [3.05, 3.63) is 38.5 Å². The van der Waals surface area contributed by atoms with Crippen molar-refractivity contribution >= 4 is 55.6 Å². The molecule has 3 aromatic rings. The van der Waals surface area contributed by atoms with E-state index in [2.05, 4.69) is 31.2 Å². The SMILES string of the molecule is CNc1nc(-c2csc(Br)c2)nc2ccc(Cl)cc12. The van der Waals surface area contributed by atoms with Crippen molar-refractivity contribution in [1.29, 1.82) is 0 Å². The highest BCUT2D eigenvalue weighted by Gasteiger charge is 2.10. The molecule has 96 valence electrons. The molecule has 3 nitrogen and oxygen atoms in total. The zero-order valence-electron chi connectivity index (χ0n) is 9.95. The molecule has 0 bridgehead atoms. The van der Waals surface area contributed by atoms with Gasteiger partial charge in [-0.2, -0.15) is 0 Å². The normalized spacial score (nSPS) is 10.9. The monoisotopic (exact) mass is 353 g/mol. The number of nitrogens with zero attached hydrogens (tertiary/aromatic N) is 2. The van der Waals surface area contributed by atoms with Crippen LogP contribution in [-0.4, -0.2) is 17.0 Å². The maximum absolute atomic E-state index is 6.02. The van der Waals surface area contributed by atoms with Crippen molar-refractivity contribution in [1.82, 2.24) is 9.97 Å². The number of benzene rings is 1. The second-order valence-electron chi connectivity index (χ2n) is 3.95. The van der Waals surface area contributed by atoms with E-state index in [1.807, 2.05) is 36.7 Å². The standard InChI is InChI=1S/C13H9BrClN3S/c1-16-13-9-5-8(15)2-3-10(9)17-12(18-13)7-4-11(14)19-6-7/h2-6H,1H3,(H,16,17,18). The van der Waals surface area contributed by atoms with Gasteiger partial charge in [-0.1, -0.05) is 11.6 Å². The predicted molar refractivity (Wildman–Crippen MR) is 85.1 cm³/mol. The summed E-state index contributed by atoms with van der Waals surface area (Å²) in [5, 5.41) is 6.73. The van der Waals surface area contributed by atoms with Crippen molar-refractivity contribution in [2.75, 3.05) is 12.4 Å². The summed E-state index contributed by atoms with van der Waals surface area (Å²) in [5.41, 5.74) is 1.88. The first-order chi connectivity index (χ1) is 9.17. The molecule has 0 radical (unpaired) electrons. The third-order valence-corrected chi connectivity index (χ3v) is 4.46. The van der Waals surface area contributed by atoms with Gasteiger partial charge in [-0.3, -0.25) is 0 Å². The number of thiophene rings is 1. The molecule has 0 unspecified atom stereocenters. The van der Waals surface area contributed by atoms with E-state index in [0.717, 1.165) is 26.1 Å². The van der Waals surface area contributed by atoms with Crippen LogP contribution in [0.15, 0.2) is 33.4 Å². The molecule has 0 aliphatic carbocycles. The molecule has 0 atom stereocenters. The second kappa shape index (κ2) is 5.07. The van der Waals surface area contributed by atoms with Crippen molar-refractivity contribution in [2.45, 2.75) is 0 Å². The fraction of sp³-hybridized carbons (Fsp3) is 0.0769. The Morgan fingerprint density at radius 2 is 2.11 bits per heavy atom. The molecule has 1 aromatic carbocycles. The van der Waals surface area contributed by atoms with E-state index < -0.39 is 0 Å². The minimum Gasteiger partial charge on any atom is -0.373 e. The highest BCUT2D eigenvalue weighted by molar-refractivity contribution is 9.11. The first-order valence-electron chi connectivity index (χ1n) is 5.57. The van der Waals surface area contributed by atoms with Crippen LogP contribution in [0.3, 0.4) is 0 Å². The van der Waals surface area contributed by atoms with E-state index in [0.29, 0.717) is 10.8 Å². The van der Waals surface area contributed by atoms with Gasteiger partial charge in [-0.15, -0.1) is 11.3 Å². The predicted octanol–water partition coefficient (Wildman–Crippen LogP) is 4.82. The van der Waals surface area contributed by atoms with Crippen molar-refractivity contribution in [2.24, 2.45) is 0 Å². The summed E-state index contributed by atoms with van der Waals surface area (Å²) in [6.45, 7) is 0. The first kappa shape index (κ1) is 12.8. The average Bonchev–Trinajstić information content (AvgIpc) is 2.84. The van der Waals surface area contributed by atoms with E-state index in [1.165, 1.54) is 0 Å². The summed E-state index contributed by atoms with van der Waals surface area (Å²) in [5.74, 6) is 1.49. The fourth-order valence-corrected chi connectivity index (χ4v) is 3.15. The maximum Gasteiger partial charge on any atom is 0.163 e. The Morgan fingerprint density at radius 3 is 2.79 bits per heavy atom. The molecule has 0 saturated carbocycles. The number of hydrogen-bond donors (Lipinski definition) is 1. The van der Waals surface area contributed by atoms with Gasteiger partial charge >= 0.3 is 0 Å². The Labute approximate surface area is 127 Å². The van der Waals surface area contributed by atoms with Gasteiger partial charge in [0.1, 0.15) is 5.82 Å². The van der Waals surface area contributed by atoms with Crippen LogP contribution in [0.1, 0.15) is 0 Å². The summed E-state index contributed by atoms with van der Waals surface area (Å²) in [6.07, 6.45) is 0. The molecule has 0 saturated heterocycles. The molecular formula is C13H9BrClN3S. The second-order valence-corrected chi connectivity index (χ2v) is 6.67. The van der Waals surface area contributed by atoms with E-state index in [-0.39, 0.29) is 0 Å². The number of nitrogens with one attached hydrogen (secondary N) is 1. The van der Waals surface area contributed by atoms with Gasteiger partial charge in [0.05, 0.1) is 9.30 Å². The summed E-state index contributed by atoms with van der Waals surface area (Å²) in [6, 6.07) is 7.63. The number of hydrogen-bond acceptors (Lipinski definition) is 4. The summed E-state index contributed by atoms with van der Waals surface area (Å²) in [7, 11) is 1.84.